The summed E-state index contributed by atoms with van der Waals surface area (Å²) in [6, 6.07) is 6.63. The Balaban J connectivity index is 1.76. The summed E-state index contributed by atoms with van der Waals surface area (Å²) in [5.74, 6) is 0.450. The van der Waals surface area contributed by atoms with Gasteiger partial charge in [0.15, 0.2) is 0 Å². The predicted molar refractivity (Wildman–Crippen MR) is 68.6 cm³/mol. The van der Waals surface area contributed by atoms with Crippen LogP contribution in [0.15, 0.2) is 36.7 Å². The Bertz CT molecular complexity index is 529. The maximum Gasteiger partial charge on any atom is 0.123 e. The van der Waals surface area contributed by atoms with Crippen molar-refractivity contribution in [3.8, 4) is 11.1 Å². The smallest absolute Gasteiger partial charge is 0.123 e. The summed E-state index contributed by atoms with van der Waals surface area (Å²) in [6.45, 7) is 3.10. The first-order valence-corrected chi connectivity index (χ1v) is 6.30. The normalized spacial score (nSPS) is 19.3. The summed E-state index contributed by atoms with van der Waals surface area (Å²) in [5.41, 5.74) is 1.85. The van der Waals surface area contributed by atoms with E-state index in [1.165, 1.54) is 12.5 Å². The van der Waals surface area contributed by atoms with Crippen molar-refractivity contribution in [2.75, 3.05) is 13.1 Å². The van der Waals surface area contributed by atoms with Gasteiger partial charge < -0.3 is 5.32 Å². The molecule has 3 nitrogen and oxygen atoms in total. The molecule has 1 N–H and O–H groups in total. The van der Waals surface area contributed by atoms with Gasteiger partial charge in [-0.15, -0.1) is 0 Å². The van der Waals surface area contributed by atoms with Crippen LogP contribution in [-0.4, -0.2) is 22.9 Å². The van der Waals surface area contributed by atoms with Crippen LogP contribution in [0.25, 0.3) is 11.1 Å². The van der Waals surface area contributed by atoms with Crippen LogP contribution in [0.5, 0.6) is 0 Å². The minimum atomic E-state index is -0.208. The van der Waals surface area contributed by atoms with E-state index in [9.17, 15) is 4.39 Å². The van der Waals surface area contributed by atoms with Crippen molar-refractivity contribution in [3.63, 3.8) is 0 Å². The van der Waals surface area contributed by atoms with Crippen LogP contribution in [0.3, 0.4) is 0 Å². The van der Waals surface area contributed by atoms with Gasteiger partial charge in [0.05, 0.1) is 6.20 Å². The molecule has 0 spiro atoms. The fourth-order valence-electron chi connectivity index (χ4n) is 2.42. The van der Waals surface area contributed by atoms with E-state index in [1.807, 2.05) is 16.9 Å². The molecule has 18 heavy (non-hydrogen) atoms. The van der Waals surface area contributed by atoms with E-state index in [-0.39, 0.29) is 5.82 Å². The summed E-state index contributed by atoms with van der Waals surface area (Å²) in [6.07, 6.45) is 5.00. The lowest BCUT2D eigenvalue weighted by Crippen LogP contribution is -2.14. The molecule has 0 radical (unpaired) electrons. The molecule has 0 saturated carbocycles. The number of aromatic nitrogens is 2. The Morgan fingerprint density at radius 2 is 2.33 bits per heavy atom. The van der Waals surface area contributed by atoms with Gasteiger partial charge in [-0.1, -0.05) is 12.1 Å². The van der Waals surface area contributed by atoms with Crippen LogP contribution in [0.1, 0.15) is 6.42 Å². The Morgan fingerprint density at radius 3 is 3.11 bits per heavy atom. The molecular weight excluding hydrogens is 229 g/mol. The van der Waals surface area contributed by atoms with Crippen LogP contribution in [0, 0.1) is 11.7 Å². The van der Waals surface area contributed by atoms with E-state index in [0.717, 1.165) is 30.8 Å². The highest BCUT2D eigenvalue weighted by Crippen LogP contribution is 2.20. The van der Waals surface area contributed by atoms with Crippen LogP contribution in [0.4, 0.5) is 4.39 Å². The minimum Gasteiger partial charge on any atom is -0.316 e. The maximum absolute atomic E-state index is 13.2. The molecule has 94 valence electrons. The number of nitrogens with one attached hydrogen (secondary N) is 1. The Hall–Kier alpha value is -1.68. The zero-order valence-electron chi connectivity index (χ0n) is 10.1. The number of benzene rings is 1. The molecule has 1 aliphatic rings. The second kappa shape index (κ2) is 4.90. The number of nitrogens with zero attached hydrogens (tertiary/aromatic N) is 2. The van der Waals surface area contributed by atoms with E-state index < -0.39 is 0 Å². The summed E-state index contributed by atoms with van der Waals surface area (Å²) in [7, 11) is 0. The molecule has 0 amide bonds. The summed E-state index contributed by atoms with van der Waals surface area (Å²) < 4.78 is 15.1. The average Bonchev–Trinajstić information content (AvgIpc) is 3.01. The highest BCUT2D eigenvalue weighted by Gasteiger charge is 2.15. The number of rotatable bonds is 3. The fourth-order valence-corrected chi connectivity index (χ4v) is 2.42. The van der Waals surface area contributed by atoms with Gasteiger partial charge in [0.2, 0.25) is 0 Å². The van der Waals surface area contributed by atoms with E-state index >= 15 is 0 Å². The standard InChI is InChI=1S/C14H16FN3/c15-14-3-1-2-12(6-14)13-8-17-18(10-13)9-11-4-5-16-7-11/h1-3,6,8,10-11,16H,4-5,7,9H2. The van der Waals surface area contributed by atoms with Gasteiger partial charge in [-0.25, -0.2) is 4.39 Å². The second-order valence-electron chi connectivity index (χ2n) is 4.82. The van der Waals surface area contributed by atoms with Gasteiger partial charge >= 0.3 is 0 Å². The molecule has 1 aromatic heterocycles. The molecule has 2 aromatic rings. The summed E-state index contributed by atoms with van der Waals surface area (Å²) >= 11 is 0. The van der Waals surface area contributed by atoms with Gasteiger partial charge in [-0.3, -0.25) is 4.68 Å². The van der Waals surface area contributed by atoms with Crippen LogP contribution < -0.4 is 5.32 Å². The van der Waals surface area contributed by atoms with Crippen molar-refractivity contribution in [2.45, 2.75) is 13.0 Å². The van der Waals surface area contributed by atoms with Crippen molar-refractivity contribution >= 4 is 0 Å². The van der Waals surface area contributed by atoms with Crippen molar-refractivity contribution < 1.29 is 4.39 Å². The lowest BCUT2D eigenvalue weighted by Gasteiger charge is -2.07. The second-order valence-corrected chi connectivity index (χ2v) is 4.82. The topological polar surface area (TPSA) is 29.9 Å². The SMILES string of the molecule is Fc1cccc(-c2cnn(CC3CCNC3)c2)c1. The summed E-state index contributed by atoms with van der Waals surface area (Å²) in [5, 5.41) is 7.70. The first-order valence-electron chi connectivity index (χ1n) is 6.30. The average molecular weight is 245 g/mol. The van der Waals surface area contributed by atoms with Gasteiger partial charge in [0.25, 0.3) is 0 Å². The Morgan fingerprint density at radius 1 is 1.39 bits per heavy atom. The van der Waals surface area contributed by atoms with Crippen LogP contribution in [-0.2, 0) is 6.54 Å². The van der Waals surface area contributed by atoms with E-state index in [4.69, 9.17) is 0 Å². The van der Waals surface area contributed by atoms with Gasteiger partial charge in [-0.2, -0.15) is 5.10 Å². The third-order valence-electron chi connectivity index (χ3n) is 3.40. The molecule has 0 bridgehead atoms. The summed E-state index contributed by atoms with van der Waals surface area (Å²) in [4.78, 5) is 0. The molecular formula is C14H16FN3. The molecule has 1 saturated heterocycles. The van der Waals surface area contributed by atoms with E-state index in [1.54, 1.807) is 18.3 Å². The maximum atomic E-state index is 13.2. The fraction of sp³-hybridized carbons (Fsp3) is 0.357. The Kier molecular flexibility index (Phi) is 3.11. The van der Waals surface area contributed by atoms with Crippen LogP contribution in [0.2, 0.25) is 0 Å². The molecule has 1 fully saturated rings. The number of halogens is 1. The molecule has 2 heterocycles. The number of hydrogen-bond donors (Lipinski definition) is 1. The van der Waals surface area contributed by atoms with E-state index in [0.29, 0.717) is 5.92 Å². The zero-order valence-corrected chi connectivity index (χ0v) is 10.1. The predicted octanol–water partition coefficient (Wildman–Crippen LogP) is 2.30. The lowest BCUT2D eigenvalue weighted by molar-refractivity contribution is 0.449. The molecule has 3 rings (SSSR count). The first kappa shape index (κ1) is 11.4. The lowest BCUT2D eigenvalue weighted by atomic mass is 10.1. The molecule has 1 aromatic carbocycles. The minimum absolute atomic E-state index is 0.208. The quantitative estimate of drug-likeness (QED) is 0.899. The first-order chi connectivity index (χ1) is 8.81. The zero-order chi connectivity index (χ0) is 12.4. The van der Waals surface area contributed by atoms with Gasteiger partial charge in [0, 0.05) is 18.3 Å². The van der Waals surface area contributed by atoms with Crippen molar-refractivity contribution in [1.29, 1.82) is 0 Å². The van der Waals surface area contributed by atoms with Gasteiger partial charge in [0.1, 0.15) is 5.82 Å². The third kappa shape index (κ3) is 2.43. The molecule has 4 heteroatoms. The Labute approximate surface area is 106 Å². The molecule has 0 aliphatic carbocycles. The van der Waals surface area contributed by atoms with Crippen molar-refractivity contribution in [2.24, 2.45) is 5.92 Å². The van der Waals surface area contributed by atoms with Crippen molar-refractivity contribution in [1.82, 2.24) is 15.1 Å². The number of hydrogen-bond acceptors (Lipinski definition) is 2. The molecule has 1 aliphatic heterocycles. The highest BCUT2D eigenvalue weighted by atomic mass is 19.1. The van der Waals surface area contributed by atoms with Crippen LogP contribution >= 0.6 is 0 Å². The van der Waals surface area contributed by atoms with E-state index in [2.05, 4.69) is 10.4 Å². The van der Waals surface area contributed by atoms with Crippen molar-refractivity contribution in [3.05, 3.63) is 42.5 Å². The van der Waals surface area contributed by atoms with Gasteiger partial charge in [-0.05, 0) is 43.1 Å². The highest BCUT2D eigenvalue weighted by molar-refractivity contribution is 5.61. The monoisotopic (exact) mass is 245 g/mol. The molecule has 1 unspecified atom stereocenters. The largest absolute Gasteiger partial charge is 0.316 e. The molecule has 1 atom stereocenters. The third-order valence-corrected chi connectivity index (χ3v) is 3.40.